The third-order valence-electron chi connectivity index (χ3n) is 4.95. The molecule has 0 saturated heterocycles. The molecule has 0 unspecified atom stereocenters. The number of hydrogen-bond donors (Lipinski definition) is 1. The lowest BCUT2D eigenvalue weighted by Crippen LogP contribution is -1.99. The van der Waals surface area contributed by atoms with E-state index in [-0.39, 0.29) is 11.4 Å². The van der Waals surface area contributed by atoms with Crippen molar-refractivity contribution >= 4 is 18.1 Å². The minimum absolute atomic E-state index is 0.217. The molecular weight excluding hydrogens is 375 g/mol. The highest BCUT2D eigenvalue weighted by Crippen LogP contribution is 2.27. The number of benzene rings is 4. The SMILES string of the molecule is O=C(O)c1ccc(-c2ccc(F)cc2)cc1C=Cc1ccccc1-c1ccccc1. The Balaban J connectivity index is 1.76. The highest BCUT2D eigenvalue weighted by molar-refractivity contribution is 5.95. The molecule has 2 nitrogen and oxygen atoms in total. The minimum Gasteiger partial charge on any atom is -0.478 e. The first-order valence-electron chi connectivity index (χ1n) is 9.57. The van der Waals surface area contributed by atoms with Crippen LogP contribution < -0.4 is 0 Å². The molecule has 0 amide bonds. The zero-order valence-electron chi connectivity index (χ0n) is 16.1. The van der Waals surface area contributed by atoms with Gasteiger partial charge in [0.1, 0.15) is 5.82 Å². The van der Waals surface area contributed by atoms with E-state index in [1.54, 1.807) is 24.3 Å². The highest BCUT2D eigenvalue weighted by atomic mass is 19.1. The lowest BCUT2D eigenvalue weighted by Gasteiger charge is -2.08. The van der Waals surface area contributed by atoms with Crippen LogP contribution >= 0.6 is 0 Å². The molecule has 30 heavy (non-hydrogen) atoms. The summed E-state index contributed by atoms with van der Waals surface area (Å²) in [4.78, 5) is 11.7. The highest BCUT2D eigenvalue weighted by Gasteiger charge is 2.10. The molecule has 4 aromatic carbocycles. The Morgan fingerprint density at radius 2 is 1.30 bits per heavy atom. The van der Waals surface area contributed by atoms with Crippen LogP contribution in [-0.4, -0.2) is 11.1 Å². The van der Waals surface area contributed by atoms with Gasteiger partial charge in [0.25, 0.3) is 0 Å². The molecule has 0 atom stereocenters. The number of carboxylic acid groups (broad SMARTS) is 1. The Bertz CT molecular complexity index is 1210. The largest absolute Gasteiger partial charge is 0.478 e. The Morgan fingerprint density at radius 1 is 0.667 bits per heavy atom. The van der Waals surface area contributed by atoms with E-state index in [0.29, 0.717) is 5.56 Å². The summed E-state index contributed by atoms with van der Waals surface area (Å²) in [5, 5.41) is 9.61. The van der Waals surface area contributed by atoms with E-state index < -0.39 is 5.97 Å². The van der Waals surface area contributed by atoms with Gasteiger partial charge in [0.15, 0.2) is 0 Å². The van der Waals surface area contributed by atoms with E-state index in [4.69, 9.17) is 0 Å². The second-order valence-corrected chi connectivity index (χ2v) is 6.90. The van der Waals surface area contributed by atoms with Crippen LogP contribution in [0.2, 0.25) is 0 Å². The molecule has 0 spiro atoms. The Kier molecular flexibility index (Phi) is 5.53. The van der Waals surface area contributed by atoms with Crippen LogP contribution in [0.1, 0.15) is 21.5 Å². The molecule has 146 valence electrons. The van der Waals surface area contributed by atoms with Crippen LogP contribution in [0.4, 0.5) is 4.39 Å². The zero-order valence-corrected chi connectivity index (χ0v) is 16.1. The van der Waals surface area contributed by atoms with Gasteiger partial charge < -0.3 is 5.11 Å². The van der Waals surface area contributed by atoms with E-state index >= 15 is 0 Å². The van der Waals surface area contributed by atoms with E-state index in [2.05, 4.69) is 0 Å². The third-order valence-corrected chi connectivity index (χ3v) is 4.95. The molecule has 0 aliphatic heterocycles. The third kappa shape index (κ3) is 4.20. The quantitative estimate of drug-likeness (QED) is 0.369. The van der Waals surface area contributed by atoms with E-state index in [0.717, 1.165) is 27.8 Å². The van der Waals surface area contributed by atoms with Crippen molar-refractivity contribution in [1.82, 2.24) is 0 Å². The normalized spacial score (nSPS) is 11.0. The lowest BCUT2D eigenvalue weighted by atomic mass is 9.96. The van der Waals surface area contributed by atoms with Crippen molar-refractivity contribution < 1.29 is 14.3 Å². The minimum atomic E-state index is -0.989. The average molecular weight is 394 g/mol. The number of carboxylic acids is 1. The van der Waals surface area contributed by atoms with Gasteiger partial charge in [0.2, 0.25) is 0 Å². The van der Waals surface area contributed by atoms with Gasteiger partial charge in [-0.05, 0) is 57.6 Å². The predicted octanol–water partition coefficient (Wildman–Crippen LogP) is 7.03. The lowest BCUT2D eigenvalue weighted by molar-refractivity contribution is 0.0696. The number of aromatic carboxylic acids is 1. The van der Waals surface area contributed by atoms with Crippen molar-refractivity contribution in [3.8, 4) is 22.3 Å². The summed E-state index contributed by atoms with van der Waals surface area (Å²) >= 11 is 0. The summed E-state index contributed by atoms with van der Waals surface area (Å²) in [6.45, 7) is 0. The van der Waals surface area contributed by atoms with Crippen molar-refractivity contribution in [2.75, 3.05) is 0 Å². The monoisotopic (exact) mass is 394 g/mol. The molecule has 1 N–H and O–H groups in total. The van der Waals surface area contributed by atoms with Crippen LogP contribution in [-0.2, 0) is 0 Å². The summed E-state index contributed by atoms with van der Waals surface area (Å²) < 4.78 is 13.2. The first-order chi connectivity index (χ1) is 14.6. The van der Waals surface area contributed by atoms with Gasteiger partial charge in [-0.25, -0.2) is 9.18 Å². The van der Waals surface area contributed by atoms with Crippen LogP contribution in [0, 0.1) is 5.82 Å². The van der Waals surface area contributed by atoms with Crippen molar-refractivity contribution in [3.05, 3.63) is 120 Å². The standard InChI is InChI=1S/C27H19FO2/c28-24-15-12-19(13-16-24)22-14-17-26(27(29)30)23(18-22)11-10-21-8-4-5-9-25(21)20-6-2-1-3-7-20/h1-18H,(H,29,30). The fourth-order valence-electron chi connectivity index (χ4n) is 3.42. The maximum atomic E-state index is 13.2. The van der Waals surface area contributed by atoms with Crippen LogP contribution in [0.3, 0.4) is 0 Å². The van der Waals surface area contributed by atoms with Gasteiger partial charge in [-0.15, -0.1) is 0 Å². The van der Waals surface area contributed by atoms with Gasteiger partial charge in [-0.3, -0.25) is 0 Å². The molecular formula is C27H19FO2. The number of halogens is 1. The van der Waals surface area contributed by atoms with Crippen molar-refractivity contribution in [2.24, 2.45) is 0 Å². The summed E-state index contributed by atoms with van der Waals surface area (Å²) in [5.41, 5.74) is 5.62. The second-order valence-electron chi connectivity index (χ2n) is 6.90. The summed E-state index contributed by atoms with van der Waals surface area (Å²) in [6, 6.07) is 29.3. The molecule has 0 saturated carbocycles. The average Bonchev–Trinajstić information content (AvgIpc) is 2.78. The number of hydrogen-bond acceptors (Lipinski definition) is 1. The maximum absolute atomic E-state index is 13.2. The summed E-state index contributed by atoms with van der Waals surface area (Å²) in [5.74, 6) is -1.30. The van der Waals surface area contributed by atoms with Crippen LogP contribution in [0.15, 0.2) is 97.1 Å². The molecule has 0 aromatic heterocycles. The number of rotatable bonds is 5. The molecule has 0 fully saturated rings. The van der Waals surface area contributed by atoms with E-state index in [9.17, 15) is 14.3 Å². The molecule has 4 rings (SSSR count). The van der Waals surface area contributed by atoms with Gasteiger partial charge in [-0.1, -0.05) is 84.9 Å². The molecule has 3 heteroatoms. The van der Waals surface area contributed by atoms with Gasteiger partial charge >= 0.3 is 5.97 Å². The second kappa shape index (κ2) is 8.58. The number of carbonyl (C=O) groups is 1. The fraction of sp³-hybridized carbons (Fsp3) is 0. The van der Waals surface area contributed by atoms with Crippen molar-refractivity contribution in [1.29, 1.82) is 0 Å². The zero-order chi connectivity index (χ0) is 20.9. The van der Waals surface area contributed by atoms with Gasteiger partial charge in [0.05, 0.1) is 5.56 Å². The molecule has 0 bridgehead atoms. The van der Waals surface area contributed by atoms with Crippen LogP contribution in [0.25, 0.3) is 34.4 Å². The predicted molar refractivity (Wildman–Crippen MR) is 120 cm³/mol. The van der Waals surface area contributed by atoms with E-state index in [1.807, 2.05) is 72.8 Å². The Hall–Kier alpha value is -3.98. The van der Waals surface area contributed by atoms with Crippen molar-refractivity contribution in [2.45, 2.75) is 0 Å². The summed E-state index contributed by atoms with van der Waals surface area (Å²) in [7, 11) is 0. The van der Waals surface area contributed by atoms with Gasteiger partial charge in [-0.2, -0.15) is 0 Å². The van der Waals surface area contributed by atoms with Gasteiger partial charge in [0, 0.05) is 0 Å². The molecule has 0 aliphatic carbocycles. The summed E-state index contributed by atoms with van der Waals surface area (Å²) in [6.07, 6.45) is 3.75. The van der Waals surface area contributed by atoms with Crippen molar-refractivity contribution in [3.63, 3.8) is 0 Å². The fourth-order valence-corrected chi connectivity index (χ4v) is 3.42. The first kappa shape index (κ1) is 19.3. The molecule has 0 radical (unpaired) electrons. The molecule has 0 aliphatic rings. The Labute approximate surface area is 174 Å². The van der Waals surface area contributed by atoms with E-state index in [1.165, 1.54) is 12.1 Å². The smallest absolute Gasteiger partial charge is 0.336 e. The van der Waals surface area contributed by atoms with Crippen LogP contribution in [0.5, 0.6) is 0 Å². The molecule has 0 heterocycles. The maximum Gasteiger partial charge on any atom is 0.336 e. The topological polar surface area (TPSA) is 37.3 Å². The first-order valence-corrected chi connectivity index (χ1v) is 9.57. The molecule has 4 aromatic rings. The Morgan fingerprint density at radius 3 is 2.03 bits per heavy atom.